The summed E-state index contributed by atoms with van der Waals surface area (Å²) in [6.45, 7) is 0. The normalized spacial score (nSPS) is 19.6. The average Bonchev–Trinajstić information content (AvgIpc) is 2.38. The molecule has 1 saturated carbocycles. The first-order chi connectivity index (χ1) is 8.59. The molecule has 0 bridgehead atoms. The molecular weight excluding hydrogens is 272 g/mol. The van der Waals surface area contributed by atoms with Crippen molar-refractivity contribution in [1.82, 2.24) is 0 Å². The molecule has 0 saturated heterocycles. The Balaban J connectivity index is 0.00000180. The Kier molecular flexibility index (Phi) is 6.17. The van der Waals surface area contributed by atoms with Crippen LogP contribution in [0, 0.1) is 17.6 Å². The zero-order valence-corrected chi connectivity index (χ0v) is 11.5. The van der Waals surface area contributed by atoms with Crippen molar-refractivity contribution in [2.75, 3.05) is 0 Å². The molecule has 1 aromatic rings. The molecule has 0 radical (unpaired) electrons. The van der Waals surface area contributed by atoms with Gasteiger partial charge in [-0.25, -0.2) is 8.78 Å². The van der Waals surface area contributed by atoms with Crippen LogP contribution in [-0.2, 0) is 0 Å². The third kappa shape index (κ3) is 3.88. The first-order valence-corrected chi connectivity index (χ1v) is 6.48. The molecule has 5 heteroatoms. The number of benzene rings is 1. The summed E-state index contributed by atoms with van der Waals surface area (Å²) in [7, 11) is 0. The number of aliphatic hydroxyl groups is 1. The highest BCUT2D eigenvalue weighted by Gasteiger charge is 2.29. The molecule has 0 aliphatic heterocycles. The maximum atomic E-state index is 13.6. The average molecular weight is 292 g/mol. The van der Waals surface area contributed by atoms with Gasteiger partial charge in [-0.05, 0) is 24.8 Å². The van der Waals surface area contributed by atoms with E-state index >= 15 is 0 Å². The second kappa shape index (κ2) is 7.17. The van der Waals surface area contributed by atoms with Crippen LogP contribution < -0.4 is 5.73 Å². The van der Waals surface area contributed by atoms with Crippen LogP contribution in [0.3, 0.4) is 0 Å². The number of halogens is 3. The molecule has 1 fully saturated rings. The van der Waals surface area contributed by atoms with Crippen LogP contribution in [0.25, 0.3) is 0 Å². The SMILES string of the molecule is Cl.N[C@@H](c1ccc(F)cc1F)[C@H](O)C1CCCCC1. The molecule has 0 amide bonds. The first kappa shape index (κ1) is 16.3. The lowest BCUT2D eigenvalue weighted by atomic mass is 9.81. The van der Waals surface area contributed by atoms with E-state index in [9.17, 15) is 13.9 Å². The third-order valence-corrected chi connectivity index (χ3v) is 3.82. The van der Waals surface area contributed by atoms with Crippen LogP contribution in [0.4, 0.5) is 8.78 Å². The van der Waals surface area contributed by atoms with Gasteiger partial charge in [-0.3, -0.25) is 0 Å². The molecule has 2 rings (SSSR count). The van der Waals surface area contributed by atoms with Gasteiger partial charge in [-0.1, -0.05) is 25.3 Å². The predicted octanol–water partition coefficient (Wildman–Crippen LogP) is 3.33. The second-order valence-corrected chi connectivity index (χ2v) is 5.08. The Labute approximate surface area is 118 Å². The molecule has 0 aromatic heterocycles. The van der Waals surface area contributed by atoms with Crippen LogP contribution in [0.5, 0.6) is 0 Å². The molecule has 0 spiro atoms. The largest absolute Gasteiger partial charge is 0.391 e. The number of aliphatic hydroxyl groups excluding tert-OH is 1. The van der Waals surface area contributed by atoms with E-state index in [2.05, 4.69) is 0 Å². The summed E-state index contributed by atoms with van der Waals surface area (Å²) in [6.07, 6.45) is 4.45. The maximum absolute atomic E-state index is 13.6. The molecule has 1 aliphatic rings. The smallest absolute Gasteiger partial charge is 0.130 e. The van der Waals surface area contributed by atoms with E-state index in [0.29, 0.717) is 0 Å². The van der Waals surface area contributed by atoms with Gasteiger partial charge in [-0.2, -0.15) is 0 Å². The summed E-state index contributed by atoms with van der Waals surface area (Å²) in [5.41, 5.74) is 6.10. The fraction of sp³-hybridized carbons (Fsp3) is 0.571. The minimum atomic E-state index is -0.784. The Morgan fingerprint density at radius 3 is 2.37 bits per heavy atom. The molecule has 1 aromatic carbocycles. The lowest BCUT2D eigenvalue weighted by molar-refractivity contribution is 0.0607. The van der Waals surface area contributed by atoms with Gasteiger partial charge in [0.2, 0.25) is 0 Å². The van der Waals surface area contributed by atoms with Crippen LogP contribution in [0.1, 0.15) is 43.7 Å². The zero-order chi connectivity index (χ0) is 13.1. The molecule has 2 atom stereocenters. The summed E-state index contributed by atoms with van der Waals surface area (Å²) in [5, 5.41) is 10.2. The Morgan fingerprint density at radius 2 is 1.79 bits per heavy atom. The molecule has 19 heavy (non-hydrogen) atoms. The fourth-order valence-electron chi connectivity index (χ4n) is 2.72. The van der Waals surface area contributed by atoms with Crippen molar-refractivity contribution in [3.05, 3.63) is 35.4 Å². The summed E-state index contributed by atoms with van der Waals surface area (Å²) >= 11 is 0. The van der Waals surface area contributed by atoms with E-state index in [0.717, 1.165) is 31.7 Å². The van der Waals surface area contributed by atoms with Crippen molar-refractivity contribution in [1.29, 1.82) is 0 Å². The van der Waals surface area contributed by atoms with E-state index in [4.69, 9.17) is 5.73 Å². The monoisotopic (exact) mass is 291 g/mol. The third-order valence-electron chi connectivity index (χ3n) is 3.82. The standard InChI is InChI=1S/C14H19F2NO.ClH/c15-10-6-7-11(12(16)8-10)13(17)14(18)9-4-2-1-3-5-9;/h6-9,13-14,18H,1-5,17H2;1H/t13-,14+;/m0./s1. The zero-order valence-electron chi connectivity index (χ0n) is 10.7. The van der Waals surface area contributed by atoms with Gasteiger partial charge in [-0.15, -0.1) is 12.4 Å². The highest BCUT2D eigenvalue weighted by atomic mass is 35.5. The van der Waals surface area contributed by atoms with Gasteiger partial charge < -0.3 is 10.8 Å². The minimum Gasteiger partial charge on any atom is -0.391 e. The van der Waals surface area contributed by atoms with Gasteiger partial charge >= 0.3 is 0 Å². The summed E-state index contributed by atoms with van der Waals surface area (Å²) < 4.78 is 26.4. The summed E-state index contributed by atoms with van der Waals surface area (Å²) in [6, 6.07) is 2.52. The van der Waals surface area contributed by atoms with Crippen molar-refractivity contribution in [2.24, 2.45) is 11.7 Å². The van der Waals surface area contributed by atoms with E-state index in [-0.39, 0.29) is 23.9 Å². The predicted molar refractivity (Wildman–Crippen MR) is 73.1 cm³/mol. The summed E-state index contributed by atoms with van der Waals surface area (Å²) in [4.78, 5) is 0. The molecule has 3 N–H and O–H groups in total. The Bertz CT molecular complexity index is 410. The molecule has 108 valence electrons. The van der Waals surface area contributed by atoms with Crippen LogP contribution >= 0.6 is 12.4 Å². The van der Waals surface area contributed by atoms with Gasteiger partial charge in [0, 0.05) is 11.6 Å². The van der Waals surface area contributed by atoms with Crippen LogP contribution in [0.15, 0.2) is 18.2 Å². The summed E-state index contributed by atoms with van der Waals surface area (Å²) in [5.74, 6) is -1.19. The van der Waals surface area contributed by atoms with E-state index < -0.39 is 23.8 Å². The van der Waals surface area contributed by atoms with Gasteiger partial charge in [0.25, 0.3) is 0 Å². The maximum Gasteiger partial charge on any atom is 0.130 e. The Hall–Kier alpha value is -0.710. The Morgan fingerprint density at radius 1 is 1.16 bits per heavy atom. The van der Waals surface area contributed by atoms with Gasteiger partial charge in [0.1, 0.15) is 11.6 Å². The number of nitrogens with two attached hydrogens (primary N) is 1. The van der Waals surface area contributed by atoms with Crippen LogP contribution in [-0.4, -0.2) is 11.2 Å². The van der Waals surface area contributed by atoms with Crippen LogP contribution in [0.2, 0.25) is 0 Å². The highest BCUT2D eigenvalue weighted by molar-refractivity contribution is 5.85. The molecule has 0 heterocycles. The van der Waals surface area contributed by atoms with E-state index in [1.165, 1.54) is 18.6 Å². The van der Waals surface area contributed by atoms with Gasteiger partial charge in [0.05, 0.1) is 12.1 Å². The molecule has 1 aliphatic carbocycles. The van der Waals surface area contributed by atoms with Crippen molar-refractivity contribution >= 4 is 12.4 Å². The van der Waals surface area contributed by atoms with E-state index in [1.807, 2.05) is 0 Å². The molecular formula is C14H20ClF2NO. The molecule has 2 nitrogen and oxygen atoms in total. The number of hydrogen-bond donors (Lipinski definition) is 2. The minimum absolute atomic E-state index is 0. The van der Waals surface area contributed by atoms with Crippen molar-refractivity contribution in [2.45, 2.75) is 44.2 Å². The second-order valence-electron chi connectivity index (χ2n) is 5.08. The lowest BCUT2D eigenvalue weighted by Gasteiger charge is -2.30. The van der Waals surface area contributed by atoms with Crippen molar-refractivity contribution in [3.8, 4) is 0 Å². The lowest BCUT2D eigenvalue weighted by Crippen LogP contribution is -2.34. The quantitative estimate of drug-likeness (QED) is 0.897. The number of rotatable bonds is 3. The molecule has 0 unspecified atom stereocenters. The van der Waals surface area contributed by atoms with Gasteiger partial charge in [0.15, 0.2) is 0 Å². The fourth-order valence-corrected chi connectivity index (χ4v) is 2.72. The van der Waals surface area contributed by atoms with E-state index in [1.54, 1.807) is 0 Å². The topological polar surface area (TPSA) is 46.2 Å². The van der Waals surface area contributed by atoms with Crippen molar-refractivity contribution in [3.63, 3.8) is 0 Å². The number of hydrogen-bond acceptors (Lipinski definition) is 2. The highest BCUT2D eigenvalue weighted by Crippen LogP contribution is 2.32. The van der Waals surface area contributed by atoms with Crippen molar-refractivity contribution < 1.29 is 13.9 Å². The first-order valence-electron chi connectivity index (χ1n) is 6.48.